The Kier molecular flexibility index (Phi) is 11.5. The van der Waals surface area contributed by atoms with Gasteiger partial charge >= 0.3 is 0 Å². The molecular weight excluding hydrogens is 562 g/mol. The number of benzene rings is 4. The molecule has 0 N–H and O–H groups in total. The molecule has 1 saturated heterocycles. The van der Waals surface area contributed by atoms with E-state index in [-0.39, 0.29) is 6.61 Å². The normalized spacial score (nSPS) is 21.6. The van der Waals surface area contributed by atoms with Crippen LogP contribution in [0.25, 0.3) is 10.4 Å². The maximum absolute atomic E-state index is 9.63. The lowest BCUT2D eigenvalue weighted by molar-refractivity contribution is -0.211. The van der Waals surface area contributed by atoms with Crippen LogP contribution in [0, 0.1) is 0 Å². The molecule has 4 aromatic rings. The van der Waals surface area contributed by atoms with E-state index in [2.05, 4.69) is 10.0 Å². The van der Waals surface area contributed by atoms with Gasteiger partial charge < -0.3 is 23.7 Å². The van der Waals surface area contributed by atoms with E-state index in [1.807, 2.05) is 115 Å². The Balaban J connectivity index is 1.41. The molecule has 4 aromatic carbocycles. The second kappa shape index (κ2) is 16.1. The van der Waals surface area contributed by atoms with E-state index in [0.717, 1.165) is 27.3 Å². The van der Waals surface area contributed by atoms with Crippen LogP contribution in [0.3, 0.4) is 0 Å². The number of hydrogen-bond acceptors (Lipinski definition) is 7. The Morgan fingerprint density at radius 1 is 0.721 bits per heavy atom. The average Bonchev–Trinajstić information content (AvgIpc) is 3.06. The zero-order valence-corrected chi connectivity index (χ0v) is 24.8. The first-order valence-corrected chi connectivity index (χ1v) is 15.0. The Bertz CT molecular complexity index is 1420. The van der Waals surface area contributed by atoms with Gasteiger partial charge in [0.1, 0.15) is 29.4 Å². The standard InChI is InChI=1S/C34H35N3O5S/c1-38-28-19-17-27(18-20-28)21-39-24-30-32(40-22-25-11-5-2-6-12-25)33(41-23-26-13-7-3-8-14-26)31(36-37-35)34(42-30)43-29-15-9-4-10-16-29/h2-20,30-34H,21-24H2,1H3/t30-,31-,32-,33-,34?/m1/s1. The van der Waals surface area contributed by atoms with Crippen molar-refractivity contribution in [2.75, 3.05) is 13.7 Å². The zero-order valence-electron chi connectivity index (χ0n) is 24.0. The minimum Gasteiger partial charge on any atom is -0.497 e. The summed E-state index contributed by atoms with van der Waals surface area (Å²) in [7, 11) is 1.64. The highest BCUT2D eigenvalue weighted by molar-refractivity contribution is 7.99. The fourth-order valence-electron chi connectivity index (χ4n) is 4.88. The second-order valence-corrected chi connectivity index (χ2v) is 11.2. The molecule has 0 bridgehead atoms. The molecule has 43 heavy (non-hydrogen) atoms. The summed E-state index contributed by atoms with van der Waals surface area (Å²) in [6, 6.07) is 36.9. The lowest BCUT2D eigenvalue weighted by Crippen LogP contribution is -2.58. The van der Waals surface area contributed by atoms with Crippen LogP contribution in [-0.2, 0) is 38.8 Å². The van der Waals surface area contributed by atoms with Gasteiger partial charge in [0.2, 0.25) is 0 Å². The van der Waals surface area contributed by atoms with Crippen molar-refractivity contribution in [2.24, 2.45) is 5.11 Å². The van der Waals surface area contributed by atoms with Crippen molar-refractivity contribution in [3.63, 3.8) is 0 Å². The molecule has 1 unspecified atom stereocenters. The van der Waals surface area contributed by atoms with Gasteiger partial charge in [-0.05, 0) is 46.5 Å². The molecule has 0 radical (unpaired) electrons. The van der Waals surface area contributed by atoms with Gasteiger partial charge in [0.25, 0.3) is 0 Å². The van der Waals surface area contributed by atoms with Crippen molar-refractivity contribution in [3.05, 3.63) is 142 Å². The first-order chi connectivity index (χ1) is 21.2. The molecule has 1 aliphatic rings. The van der Waals surface area contributed by atoms with Crippen molar-refractivity contribution < 1.29 is 23.7 Å². The molecule has 222 valence electrons. The molecule has 0 saturated carbocycles. The van der Waals surface area contributed by atoms with Crippen LogP contribution < -0.4 is 4.74 Å². The third-order valence-electron chi connectivity index (χ3n) is 7.08. The van der Waals surface area contributed by atoms with E-state index in [1.54, 1.807) is 7.11 Å². The highest BCUT2D eigenvalue weighted by Crippen LogP contribution is 2.38. The molecule has 0 aliphatic carbocycles. The van der Waals surface area contributed by atoms with Crippen molar-refractivity contribution >= 4 is 11.8 Å². The van der Waals surface area contributed by atoms with E-state index in [0.29, 0.717) is 19.8 Å². The molecule has 1 heterocycles. The minimum atomic E-state index is -0.655. The largest absolute Gasteiger partial charge is 0.497 e. The summed E-state index contributed by atoms with van der Waals surface area (Å²) in [5.41, 5.74) is 12.1. The second-order valence-electron chi connectivity index (χ2n) is 10.1. The summed E-state index contributed by atoms with van der Waals surface area (Å²) in [5.74, 6) is 0.789. The monoisotopic (exact) mass is 597 g/mol. The number of nitrogens with zero attached hydrogens (tertiary/aromatic N) is 3. The fraction of sp³-hybridized carbons (Fsp3) is 0.294. The highest BCUT2D eigenvalue weighted by Gasteiger charge is 2.47. The van der Waals surface area contributed by atoms with Crippen LogP contribution in [0.5, 0.6) is 5.75 Å². The van der Waals surface area contributed by atoms with Gasteiger partial charge in [0.15, 0.2) is 0 Å². The smallest absolute Gasteiger partial charge is 0.119 e. The maximum Gasteiger partial charge on any atom is 0.119 e. The molecular formula is C34H35N3O5S. The number of rotatable bonds is 14. The summed E-state index contributed by atoms with van der Waals surface area (Å²) in [5, 5.41) is 4.22. The number of methoxy groups -OCH3 is 1. The Hall–Kier alpha value is -3.82. The van der Waals surface area contributed by atoms with Gasteiger partial charge in [-0.1, -0.05) is 108 Å². The van der Waals surface area contributed by atoms with Crippen molar-refractivity contribution in [1.82, 2.24) is 0 Å². The van der Waals surface area contributed by atoms with Gasteiger partial charge in [-0.15, -0.1) is 0 Å². The topological polar surface area (TPSA) is 94.9 Å². The Morgan fingerprint density at radius 3 is 1.86 bits per heavy atom. The van der Waals surface area contributed by atoms with Gasteiger partial charge in [-0.3, -0.25) is 0 Å². The van der Waals surface area contributed by atoms with E-state index in [1.165, 1.54) is 11.8 Å². The van der Waals surface area contributed by atoms with Gasteiger partial charge in [0, 0.05) is 9.81 Å². The van der Waals surface area contributed by atoms with E-state index < -0.39 is 29.8 Å². The van der Waals surface area contributed by atoms with Gasteiger partial charge in [-0.2, -0.15) is 0 Å². The summed E-state index contributed by atoms with van der Waals surface area (Å²) < 4.78 is 31.3. The molecule has 5 atom stereocenters. The molecule has 8 nitrogen and oxygen atoms in total. The van der Waals surface area contributed by atoms with Crippen LogP contribution in [0.4, 0.5) is 0 Å². The summed E-state index contributed by atoms with van der Waals surface area (Å²) in [4.78, 5) is 4.20. The summed E-state index contributed by atoms with van der Waals surface area (Å²) >= 11 is 1.50. The number of hydrogen-bond donors (Lipinski definition) is 0. The van der Waals surface area contributed by atoms with Crippen LogP contribution in [-0.4, -0.2) is 43.5 Å². The zero-order chi connectivity index (χ0) is 29.7. The molecule has 0 amide bonds. The summed E-state index contributed by atoms with van der Waals surface area (Å²) in [6.07, 6.45) is -1.65. The number of thioether (sulfide) groups is 1. The SMILES string of the molecule is COc1ccc(COC[C@H]2OC(Sc3ccccc3)[C@H](N=[N+]=[N-])[C@@H](OCc3ccccc3)[C@@H]2OCc2ccccc2)cc1. The van der Waals surface area contributed by atoms with Crippen LogP contribution >= 0.6 is 11.8 Å². The third kappa shape index (κ3) is 8.84. The van der Waals surface area contributed by atoms with Crippen molar-refractivity contribution in [2.45, 2.75) is 54.5 Å². The third-order valence-corrected chi connectivity index (χ3v) is 8.24. The highest BCUT2D eigenvalue weighted by atomic mass is 32.2. The van der Waals surface area contributed by atoms with Gasteiger partial charge in [-0.25, -0.2) is 0 Å². The Morgan fingerprint density at radius 2 is 1.28 bits per heavy atom. The van der Waals surface area contributed by atoms with E-state index in [9.17, 15) is 5.53 Å². The van der Waals surface area contributed by atoms with Gasteiger partial charge in [0.05, 0.1) is 39.6 Å². The molecule has 0 aromatic heterocycles. The first kappa shape index (κ1) is 30.6. The Labute approximate surface area is 256 Å². The fourth-order valence-corrected chi connectivity index (χ4v) is 6.01. The number of ether oxygens (including phenoxy) is 5. The quantitative estimate of drug-likeness (QED) is 0.0845. The molecule has 5 rings (SSSR count). The average molecular weight is 598 g/mol. The van der Waals surface area contributed by atoms with Crippen LogP contribution in [0.15, 0.2) is 125 Å². The lowest BCUT2D eigenvalue weighted by atomic mass is 9.97. The van der Waals surface area contributed by atoms with E-state index >= 15 is 0 Å². The van der Waals surface area contributed by atoms with Crippen molar-refractivity contribution in [3.8, 4) is 5.75 Å². The molecule has 0 spiro atoms. The molecule has 1 fully saturated rings. The van der Waals surface area contributed by atoms with E-state index in [4.69, 9.17) is 23.7 Å². The van der Waals surface area contributed by atoms with Crippen LogP contribution in [0.2, 0.25) is 0 Å². The number of azide groups is 1. The maximum atomic E-state index is 9.63. The molecule has 1 aliphatic heterocycles. The van der Waals surface area contributed by atoms with Crippen molar-refractivity contribution in [1.29, 1.82) is 0 Å². The minimum absolute atomic E-state index is 0.255. The molecule has 9 heteroatoms. The lowest BCUT2D eigenvalue weighted by Gasteiger charge is -2.44. The predicted octanol–water partition coefficient (Wildman–Crippen LogP) is 7.58. The summed E-state index contributed by atoms with van der Waals surface area (Å²) in [6.45, 7) is 1.32. The first-order valence-electron chi connectivity index (χ1n) is 14.2. The predicted molar refractivity (Wildman–Crippen MR) is 167 cm³/mol. The van der Waals surface area contributed by atoms with Crippen LogP contribution in [0.1, 0.15) is 16.7 Å².